The van der Waals surface area contributed by atoms with E-state index in [9.17, 15) is 17.0 Å². The molecule has 8 aromatic carbocycles. The maximum atomic E-state index is 9.38. The number of halogens is 2. The fraction of sp³-hybridized carbons (Fsp3) is 0.161. The molecule has 0 fully saturated rings. The summed E-state index contributed by atoms with van der Waals surface area (Å²) in [5, 5.41) is 2.92. The van der Waals surface area contributed by atoms with Gasteiger partial charge in [-0.05, 0) is 0 Å². The van der Waals surface area contributed by atoms with Crippen molar-refractivity contribution < 1.29 is 16.4 Å². The molecule has 0 bridgehead atoms. The van der Waals surface area contributed by atoms with Gasteiger partial charge in [0.2, 0.25) is 0 Å². The van der Waals surface area contributed by atoms with Gasteiger partial charge in [0.25, 0.3) is 0 Å². The molecule has 0 spiro atoms. The van der Waals surface area contributed by atoms with Crippen molar-refractivity contribution in [2.75, 3.05) is 0 Å². The molecule has 0 saturated heterocycles. The van der Waals surface area contributed by atoms with Crippen LogP contribution in [0.4, 0.5) is 0 Å². The summed E-state index contributed by atoms with van der Waals surface area (Å²) in [4.78, 5) is 0. The van der Waals surface area contributed by atoms with Crippen molar-refractivity contribution in [3.05, 3.63) is 220 Å². The summed E-state index contributed by atoms with van der Waals surface area (Å²) >= 11 is -5.71. The van der Waals surface area contributed by atoms with E-state index in [0.29, 0.717) is 11.8 Å². The van der Waals surface area contributed by atoms with Crippen LogP contribution >= 0.6 is 17.0 Å². The van der Waals surface area contributed by atoms with Crippen LogP contribution in [0.15, 0.2) is 187 Å². The van der Waals surface area contributed by atoms with Crippen molar-refractivity contribution >= 4 is 52.3 Å². The second kappa shape index (κ2) is 16.6. The van der Waals surface area contributed by atoms with Crippen LogP contribution in [0, 0.1) is 0 Å². The van der Waals surface area contributed by atoms with Crippen LogP contribution in [0.1, 0.15) is 94.0 Å². The summed E-state index contributed by atoms with van der Waals surface area (Å²) in [7, 11) is 17.8. The van der Waals surface area contributed by atoms with E-state index in [4.69, 9.17) is 0 Å². The Bertz CT molecular complexity index is 3130. The topological polar surface area (TPSA) is 0 Å². The van der Waals surface area contributed by atoms with Crippen LogP contribution in [-0.4, -0.2) is 9.52 Å². The summed E-state index contributed by atoms with van der Waals surface area (Å²) in [6.45, 7) is 14.0. The summed E-state index contributed by atoms with van der Waals surface area (Å²) in [6, 6.07) is 65.3. The Kier molecular flexibility index (Phi) is 10.9. The van der Waals surface area contributed by atoms with Gasteiger partial charge in [-0.25, -0.2) is 0 Å². The van der Waals surface area contributed by atoms with Crippen LogP contribution in [0.5, 0.6) is 0 Å². The van der Waals surface area contributed by atoms with Crippen molar-refractivity contribution in [2.45, 2.75) is 60.6 Å². The molecule has 11 rings (SSSR count). The molecule has 2 aliphatic carbocycles. The molecule has 0 aromatic heterocycles. The van der Waals surface area contributed by atoms with Gasteiger partial charge in [-0.2, -0.15) is 0 Å². The number of fused-ring (bicyclic) bond motifs is 5. The van der Waals surface area contributed by atoms with E-state index in [1.165, 1.54) is 114 Å². The predicted molar refractivity (Wildman–Crippen MR) is 287 cm³/mol. The third kappa shape index (κ3) is 6.69. The molecule has 0 nitrogen and oxygen atoms in total. The first kappa shape index (κ1) is 43.5. The second-order valence-electron chi connectivity index (χ2n) is 19.7. The van der Waals surface area contributed by atoms with E-state index >= 15 is 0 Å². The quantitative estimate of drug-likeness (QED) is 0.126. The Morgan fingerprint density at radius 2 is 0.833 bits per heavy atom. The van der Waals surface area contributed by atoms with Gasteiger partial charge in [-0.1, -0.05) is 0 Å². The zero-order valence-corrected chi connectivity index (χ0v) is 44.1. The van der Waals surface area contributed by atoms with Crippen molar-refractivity contribution in [2.24, 2.45) is 0 Å². The van der Waals surface area contributed by atoms with Crippen molar-refractivity contribution in [1.29, 1.82) is 0 Å². The summed E-state index contributed by atoms with van der Waals surface area (Å²) in [6.07, 6.45) is 4.96. The summed E-state index contributed by atoms with van der Waals surface area (Å²) in [5.74, 6) is 0.606. The van der Waals surface area contributed by atoms with Gasteiger partial charge in [0.05, 0.1) is 0 Å². The van der Waals surface area contributed by atoms with E-state index in [1.807, 2.05) is 0 Å². The number of rotatable bonds is 9. The first-order valence-electron chi connectivity index (χ1n) is 23.7. The molecule has 4 heteroatoms. The summed E-state index contributed by atoms with van der Waals surface area (Å²) < 4.78 is 0.929. The molecule has 0 saturated carbocycles. The first-order chi connectivity index (χ1) is 31.9. The van der Waals surface area contributed by atoms with E-state index in [1.54, 1.807) is 0 Å². The predicted octanol–water partition coefficient (Wildman–Crippen LogP) is 15.6. The van der Waals surface area contributed by atoms with Crippen LogP contribution in [0.25, 0.3) is 67.8 Å². The van der Waals surface area contributed by atoms with Crippen LogP contribution < -0.4 is 13.6 Å². The average Bonchev–Trinajstić information content (AvgIpc) is 4.01. The molecule has 1 aliphatic heterocycles. The molecular weight excluding hydrogens is 935 g/mol. The Balaban J connectivity index is 1.20. The number of allylic oxidation sites excluding steroid dienone is 2. The van der Waals surface area contributed by atoms with Crippen LogP contribution in [-0.2, 0) is 16.4 Å². The van der Waals surface area contributed by atoms with Gasteiger partial charge in [0.15, 0.2) is 0 Å². The molecule has 0 amide bonds. The normalized spacial score (nSPS) is 17.0. The molecule has 66 heavy (non-hydrogen) atoms. The molecule has 0 radical (unpaired) electrons. The Morgan fingerprint density at radius 3 is 1.30 bits per heavy atom. The molecular formula is C62H55Cl2SiZr. The maximum absolute atomic E-state index is 9.38. The number of hydrogen-bond donors (Lipinski definition) is 0. The summed E-state index contributed by atoms with van der Waals surface area (Å²) in [5.41, 5.74) is 23.0. The molecule has 325 valence electrons. The molecule has 3 aliphatic rings. The van der Waals surface area contributed by atoms with E-state index in [2.05, 4.69) is 230 Å². The molecule has 2 unspecified atom stereocenters. The van der Waals surface area contributed by atoms with E-state index in [0.717, 1.165) is 0 Å². The molecule has 1 heterocycles. The average molecular weight is 990 g/mol. The van der Waals surface area contributed by atoms with Gasteiger partial charge < -0.3 is 0 Å². The first-order valence-corrected chi connectivity index (χ1v) is 35.5. The standard InChI is InChI=1S/2C25H23.C12H9Si.2ClH.Zr/c2*1-17(2)21-14-13-20-15-18(3)16-24(20)25(21)23-12-8-7-11-22(23)19-9-5-4-6-10-19;1-3-7-11-9(5-1)10-6-2-4-8-12(10)13-11;;;/h2*4-17H,1-3H3;1-7H,13H2;2*1H;/q;;;;;+2/p-2. The molecule has 0 N–H and O–H groups in total. The van der Waals surface area contributed by atoms with Crippen LogP contribution in [0.3, 0.4) is 0 Å². The van der Waals surface area contributed by atoms with Gasteiger partial charge in [0.1, 0.15) is 0 Å². The Labute approximate surface area is 402 Å². The Morgan fingerprint density at radius 1 is 0.424 bits per heavy atom. The zero-order valence-electron chi connectivity index (χ0n) is 38.7. The third-order valence-electron chi connectivity index (χ3n) is 15.1. The second-order valence-corrected chi connectivity index (χ2v) is 42.1. The van der Waals surface area contributed by atoms with E-state index < -0.39 is 25.9 Å². The zero-order chi connectivity index (χ0) is 45.5. The number of hydrogen-bond acceptors (Lipinski definition) is 0. The SMILES string of the molecule is CC1=Cc2c(ccc(C(C)C)c2-c2ccccc2-c2ccccc2)[CH]1[Zr]([Cl])([Cl])([c]1cccc2c1[SiH2]c1ccccc1-2)[CH]1C(C)=Cc2c1ccc(C(C)C)c2-c1ccccc1-c1ccccc1. The van der Waals surface area contributed by atoms with Gasteiger partial charge >= 0.3 is 405 Å². The minimum atomic E-state index is -5.71. The van der Waals surface area contributed by atoms with Gasteiger partial charge in [-0.3, -0.25) is 0 Å². The fourth-order valence-corrected chi connectivity index (χ4v) is 41.2. The monoisotopic (exact) mass is 987 g/mol. The van der Waals surface area contributed by atoms with Gasteiger partial charge in [0, 0.05) is 0 Å². The molecule has 8 aromatic rings. The Hall–Kier alpha value is -5.08. The number of benzene rings is 8. The van der Waals surface area contributed by atoms with E-state index in [-0.39, 0.29) is 7.25 Å². The van der Waals surface area contributed by atoms with Crippen molar-refractivity contribution in [3.8, 4) is 55.6 Å². The van der Waals surface area contributed by atoms with Crippen molar-refractivity contribution in [1.82, 2.24) is 0 Å². The fourth-order valence-electron chi connectivity index (χ4n) is 12.4. The third-order valence-corrected chi connectivity index (χ3v) is 38.3. The van der Waals surface area contributed by atoms with Crippen LogP contribution in [0.2, 0.25) is 0 Å². The minimum absolute atomic E-state index is 0.165. The van der Waals surface area contributed by atoms with Gasteiger partial charge in [-0.15, -0.1) is 0 Å². The van der Waals surface area contributed by atoms with Crippen molar-refractivity contribution in [3.63, 3.8) is 0 Å². The molecule has 2 atom stereocenters.